The van der Waals surface area contributed by atoms with Crippen LogP contribution >= 0.6 is 0 Å². The van der Waals surface area contributed by atoms with E-state index in [1.165, 1.54) is 24.1 Å². The molecule has 0 unspecified atom stereocenters. The van der Waals surface area contributed by atoms with Gasteiger partial charge in [-0.25, -0.2) is 18.0 Å². The first-order valence-corrected chi connectivity index (χ1v) is 6.18. The molecule has 1 saturated heterocycles. The molecule has 1 aliphatic heterocycles. The second kappa shape index (κ2) is 5.60. The van der Waals surface area contributed by atoms with Crippen LogP contribution in [0.1, 0.15) is 12.8 Å². The molecule has 0 bridgehead atoms. The predicted octanol–water partition coefficient (Wildman–Crippen LogP) is 3.10. The highest BCUT2D eigenvalue weighted by Crippen LogP contribution is 2.28. The van der Waals surface area contributed by atoms with Crippen molar-refractivity contribution in [3.05, 3.63) is 24.0 Å². The molecule has 20 heavy (non-hydrogen) atoms. The van der Waals surface area contributed by atoms with Crippen molar-refractivity contribution in [1.29, 1.82) is 0 Å². The molecule has 1 N–H and O–H groups in total. The second-order valence-electron chi connectivity index (χ2n) is 4.62. The maximum absolute atomic E-state index is 13.7. The third-order valence-corrected chi connectivity index (χ3v) is 3.20. The Balaban J connectivity index is 1.98. The lowest BCUT2D eigenvalue weighted by Crippen LogP contribution is -2.44. The summed E-state index contributed by atoms with van der Waals surface area (Å²) in [6, 6.07) is 3.43. The first-order valence-electron chi connectivity index (χ1n) is 6.18. The van der Waals surface area contributed by atoms with Gasteiger partial charge in [0.2, 0.25) is 0 Å². The van der Waals surface area contributed by atoms with Gasteiger partial charge in [0.1, 0.15) is 11.6 Å². The molecule has 0 aliphatic carbocycles. The molecular formula is C13H15F3N2O2. The number of carbonyl (C=O) groups is 1. The SMILES string of the molecule is COc1ccc(NC(=O)N2CCC(F)(F)CC2)c(F)c1. The third-order valence-electron chi connectivity index (χ3n) is 3.20. The Bertz CT molecular complexity index is 498. The van der Waals surface area contributed by atoms with Crippen molar-refractivity contribution in [1.82, 2.24) is 4.90 Å². The Kier molecular flexibility index (Phi) is 4.06. The maximum atomic E-state index is 13.7. The number of nitrogens with zero attached hydrogens (tertiary/aromatic N) is 1. The largest absolute Gasteiger partial charge is 0.497 e. The Hall–Kier alpha value is -1.92. The van der Waals surface area contributed by atoms with Crippen molar-refractivity contribution >= 4 is 11.7 Å². The number of hydrogen-bond acceptors (Lipinski definition) is 2. The second-order valence-corrected chi connectivity index (χ2v) is 4.62. The lowest BCUT2D eigenvalue weighted by Gasteiger charge is -2.31. The van der Waals surface area contributed by atoms with Crippen molar-refractivity contribution in [2.24, 2.45) is 0 Å². The lowest BCUT2D eigenvalue weighted by atomic mass is 10.1. The Labute approximate surface area is 114 Å². The minimum absolute atomic E-state index is 0.00636. The monoisotopic (exact) mass is 288 g/mol. The van der Waals surface area contributed by atoms with E-state index in [-0.39, 0.29) is 31.6 Å². The Morgan fingerprint density at radius 3 is 2.55 bits per heavy atom. The third kappa shape index (κ3) is 3.34. The molecule has 0 radical (unpaired) electrons. The van der Waals surface area contributed by atoms with E-state index >= 15 is 0 Å². The van der Waals surface area contributed by atoms with Crippen LogP contribution in [0.4, 0.5) is 23.7 Å². The quantitative estimate of drug-likeness (QED) is 0.908. The van der Waals surface area contributed by atoms with Crippen LogP contribution < -0.4 is 10.1 Å². The van der Waals surface area contributed by atoms with Gasteiger partial charge in [-0.15, -0.1) is 0 Å². The van der Waals surface area contributed by atoms with E-state index in [2.05, 4.69) is 5.32 Å². The number of nitrogens with one attached hydrogen (secondary N) is 1. The molecule has 1 fully saturated rings. The summed E-state index contributed by atoms with van der Waals surface area (Å²) in [5, 5.41) is 2.37. The topological polar surface area (TPSA) is 41.6 Å². The number of hydrogen-bond donors (Lipinski definition) is 1. The molecule has 1 heterocycles. The Morgan fingerprint density at radius 2 is 2.00 bits per heavy atom. The minimum atomic E-state index is -2.72. The first kappa shape index (κ1) is 14.5. The fourth-order valence-corrected chi connectivity index (χ4v) is 1.96. The minimum Gasteiger partial charge on any atom is -0.497 e. The molecule has 1 aromatic rings. The van der Waals surface area contributed by atoms with Crippen molar-refractivity contribution in [3.63, 3.8) is 0 Å². The number of methoxy groups -OCH3 is 1. The summed E-state index contributed by atoms with van der Waals surface area (Å²) in [5.74, 6) is -3.03. The molecule has 0 atom stereocenters. The van der Waals surface area contributed by atoms with E-state index in [4.69, 9.17) is 4.74 Å². The molecule has 2 amide bonds. The van der Waals surface area contributed by atoms with Gasteiger partial charge in [0, 0.05) is 32.0 Å². The van der Waals surface area contributed by atoms with Crippen molar-refractivity contribution in [2.75, 3.05) is 25.5 Å². The molecule has 0 aromatic heterocycles. The van der Waals surface area contributed by atoms with Crippen LogP contribution in [0.15, 0.2) is 18.2 Å². The predicted molar refractivity (Wildman–Crippen MR) is 67.7 cm³/mol. The van der Waals surface area contributed by atoms with Crippen LogP contribution in [0, 0.1) is 5.82 Å². The van der Waals surface area contributed by atoms with Gasteiger partial charge >= 0.3 is 6.03 Å². The van der Waals surface area contributed by atoms with Gasteiger partial charge in [0.05, 0.1) is 12.8 Å². The molecule has 1 aromatic carbocycles. The summed E-state index contributed by atoms with van der Waals surface area (Å²) in [4.78, 5) is 13.1. The van der Waals surface area contributed by atoms with Crippen LogP contribution in [0.2, 0.25) is 0 Å². The highest BCUT2D eigenvalue weighted by atomic mass is 19.3. The number of benzene rings is 1. The zero-order chi connectivity index (χ0) is 14.8. The number of alkyl halides is 2. The normalized spacial score (nSPS) is 17.7. The van der Waals surface area contributed by atoms with Crippen LogP contribution in [-0.4, -0.2) is 37.1 Å². The number of urea groups is 1. The fraction of sp³-hybridized carbons (Fsp3) is 0.462. The zero-order valence-electron chi connectivity index (χ0n) is 11.0. The van der Waals surface area contributed by atoms with Crippen molar-refractivity contribution < 1.29 is 22.7 Å². The molecule has 7 heteroatoms. The lowest BCUT2D eigenvalue weighted by molar-refractivity contribution is -0.0461. The average molecular weight is 288 g/mol. The molecule has 0 saturated carbocycles. The van der Waals surface area contributed by atoms with E-state index in [0.717, 1.165) is 6.07 Å². The molecule has 4 nitrogen and oxygen atoms in total. The maximum Gasteiger partial charge on any atom is 0.321 e. The number of piperidine rings is 1. The van der Waals surface area contributed by atoms with Gasteiger partial charge in [0.25, 0.3) is 5.92 Å². The molecule has 110 valence electrons. The van der Waals surface area contributed by atoms with Gasteiger partial charge in [0.15, 0.2) is 0 Å². The van der Waals surface area contributed by atoms with E-state index in [9.17, 15) is 18.0 Å². The zero-order valence-corrected chi connectivity index (χ0v) is 11.0. The Morgan fingerprint density at radius 1 is 1.35 bits per heavy atom. The number of likely N-dealkylation sites (tertiary alicyclic amines) is 1. The number of rotatable bonds is 2. The summed E-state index contributed by atoms with van der Waals surface area (Å²) < 4.78 is 44.5. The van der Waals surface area contributed by atoms with Crippen LogP contribution in [0.3, 0.4) is 0 Å². The van der Waals surface area contributed by atoms with Crippen LogP contribution in [0.5, 0.6) is 5.75 Å². The van der Waals surface area contributed by atoms with Gasteiger partial charge < -0.3 is 15.0 Å². The smallest absolute Gasteiger partial charge is 0.321 e. The van der Waals surface area contributed by atoms with E-state index in [0.29, 0.717) is 5.75 Å². The van der Waals surface area contributed by atoms with Gasteiger partial charge in [-0.05, 0) is 12.1 Å². The molecular weight excluding hydrogens is 273 g/mol. The average Bonchev–Trinajstić information content (AvgIpc) is 2.40. The molecule has 2 rings (SSSR count). The van der Waals surface area contributed by atoms with Crippen molar-refractivity contribution in [2.45, 2.75) is 18.8 Å². The number of ether oxygens (including phenoxy) is 1. The highest BCUT2D eigenvalue weighted by molar-refractivity contribution is 5.89. The fourth-order valence-electron chi connectivity index (χ4n) is 1.96. The molecule has 0 spiro atoms. The van der Waals surface area contributed by atoms with Gasteiger partial charge in [-0.2, -0.15) is 0 Å². The van der Waals surface area contributed by atoms with Gasteiger partial charge in [-0.1, -0.05) is 0 Å². The number of anilines is 1. The summed E-state index contributed by atoms with van der Waals surface area (Å²) in [6.07, 6.45) is -0.739. The summed E-state index contributed by atoms with van der Waals surface area (Å²) in [5.41, 5.74) is -0.00636. The van der Waals surface area contributed by atoms with Crippen molar-refractivity contribution in [3.8, 4) is 5.75 Å². The summed E-state index contributed by atoms with van der Waals surface area (Å²) in [6.45, 7) is -0.0901. The molecule has 1 aliphatic rings. The van der Waals surface area contributed by atoms with E-state index < -0.39 is 17.8 Å². The van der Waals surface area contributed by atoms with E-state index in [1.54, 1.807) is 0 Å². The highest BCUT2D eigenvalue weighted by Gasteiger charge is 2.35. The number of carbonyl (C=O) groups excluding carboxylic acids is 1. The van der Waals surface area contributed by atoms with Gasteiger partial charge in [-0.3, -0.25) is 0 Å². The summed E-state index contributed by atoms with van der Waals surface area (Å²) in [7, 11) is 1.40. The number of amides is 2. The number of halogens is 3. The van der Waals surface area contributed by atoms with Crippen LogP contribution in [-0.2, 0) is 0 Å². The van der Waals surface area contributed by atoms with Crippen LogP contribution in [0.25, 0.3) is 0 Å². The standard InChI is InChI=1S/C13H15F3N2O2/c1-20-9-2-3-11(10(14)8-9)17-12(19)18-6-4-13(15,16)5-7-18/h2-3,8H,4-7H2,1H3,(H,17,19). The summed E-state index contributed by atoms with van der Waals surface area (Å²) >= 11 is 0. The van der Waals surface area contributed by atoms with E-state index in [1.807, 2.05) is 0 Å². The first-order chi connectivity index (χ1) is 9.41.